The van der Waals surface area contributed by atoms with Crippen LogP contribution in [0, 0.1) is 11.3 Å². The van der Waals surface area contributed by atoms with Crippen molar-refractivity contribution in [3.63, 3.8) is 0 Å². The molecule has 1 aromatic heterocycles. The largest absolute Gasteiger partial charge is 0.398 e. The van der Waals surface area contributed by atoms with Gasteiger partial charge in [-0.15, -0.1) is 0 Å². The highest BCUT2D eigenvalue weighted by Gasteiger charge is 2.22. The maximum absolute atomic E-state index is 12.8. The number of nitrogen functional groups attached to an aromatic ring is 1. The average molecular weight is 369 g/mol. The van der Waals surface area contributed by atoms with Crippen LogP contribution in [-0.2, 0) is 6.42 Å². The third-order valence-electron chi connectivity index (χ3n) is 4.99. The van der Waals surface area contributed by atoms with Crippen molar-refractivity contribution in [3.8, 4) is 17.5 Å². The molecule has 1 aliphatic rings. The number of nitrogens with zero attached hydrogens (tertiary/aromatic N) is 3. The molecular weight excluding hydrogens is 350 g/mol. The molecule has 0 bridgehead atoms. The van der Waals surface area contributed by atoms with Gasteiger partial charge in [-0.05, 0) is 54.7 Å². The zero-order valence-corrected chi connectivity index (χ0v) is 15.2. The van der Waals surface area contributed by atoms with E-state index in [9.17, 15) is 4.79 Å². The number of nitrogens with two attached hydrogens (primary N) is 1. The summed E-state index contributed by atoms with van der Waals surface area (Å²) >= 11 is 0. The molecular formula is C22H19N5O. The van der Waals surface area contributed by atoms with E-state index in [2.05, 4.69) is 33.5 Å². The van der Waals surface area contributed by atoms with E-state index in [0.29, 0.717) is 22.6 Å². The molecule has 0 saturated carbocycles. The number of hydrogen-bond acceptors (Lipinski definition) is 5. The van der Waals surface area contributed by atoms with Gasteiger partial charge in [0.05, 0.1) is 17.7 Å². The van der Waals surface area contributed by atoms with E-state index in [1.807, 2.05) is 12.1 Å². The summed E-state index contributed by atoms with van der Waals surface area (Å²) in [7, 11) is 0. The molecule has 3 aromatic rings. The van der Waals surface area contributed by atoms with Gasteiger partial charge < -0.3 is 11.1 Å². The number of carbonyl (C=O) groups is 1. The smallest absolute Gasteiger partial charge is 0.270 e. The Hall–Kier alpha value is -3.72. The Bertz CT molecular complexity index is 1090. The molecule has 1 aliphatic carbocycles. The molecule has 0 aliphatic heterocycles. The van der Waals surface area contributed by atoms with Crippen LogP contribution in [0.2, 0.25) is 0 Å². The Morgan fingerprint density at radius 1 is 1.21 bits per heavy atom. The van der Waals surface area contributed by atoms with Gasteiger partial charge in [-0.1, -0.05) is 24.3 Å². The quantitative estimate of drug-likeness (QED) is 0.689. The number of amides is 1. The fourth-order valence-corrected chi connectivity index (χ4v) is 3.57. The lowest BCUT2D eigenvalue weighted by molar-refractivity contribution is 0.0927. The predicted molar refractivity (Wildman–Crippen MR) is 106 cm³/mol. The number of rotatable bonds is 3. The molecule has 0 spiro atoms. The van der Waals surface area contributed by atoms with Crippen molar-refractivity contribution in [1.29, 1.82) is 5.26 Å². The van der Waals surface area contributed by atoms with Crippen molar-refractivity contribution in [1.82, 2.24) is 15.3 Å². The molecule has 28 heavy (non-hydrogen) atoms. The summed E-state index contributed by atoms with van der Waals surface area (Å²) in [6.45, 7) is 0. The number of fused-ring (bicyclic) bond motifs is 1. The van der Waals surface area contributed by atoms with Crippen LogP contribution in [0.1, 0.15) is 46.1 Å². The van der Waals surface area contributed by atoms with Gasteiger partial charge in [0, 0.05) is 17.4 Å². The van der Waals surface area contributed by atoms with Crippen molar-refractivity contribution < 1.29 is 4.79 Å². The van der Waals surface area contributed by atoms with Crippen LogP contribution in [0.3, 0.4) is 0 Å². The van der Waals surface area contributed by atoms with Crippen LogP contribution >= 0.6 is 0 Å². The maximum atomic E-state index is 12.8. The first kappa shape index (κ1) is 17.7. The number of hydrogen-bond donors (Lipinski definition) is 2. The summed E-state index contributed by atoms with van der Waals surface area (Å²) in [4.78, 5) is 21.4. The van der Waals surface area contributed by atoms with Gasteiger partial charge in [0.25, 0.3) is 5.91 Å². The molecule has 0 saturated heterocycles. The molecule has 1 amide bonds. The Morgan fingerprint density at radius 2 is 2.07 bits per heavy atom. The molecule has 4 rings (SSSR count). The number of aromatic nitrogens is 2. The minimum Gasteiger partial charge on any atom is -0.398 e. The summed E-state index contributed by atoms with van der Waals surface area (Å²) in [6.07, 6.45) is 4.51. The van der Waals surface area contributed by atoms with E-state index < -0.39 is 0 Å². The number of carbonyl (C=O) groups excluding carboxylic acids is 1. The zero-order valence-electron chi connectivity index (χ0n) is 15.2. The second-order valence-electron chi connectivity index (χ2n) is 6.80. The van der Waals surface area contributed by atoms with Crippen LogP contribution in [0.5, 0.6) is 0 Å². The van der Waals surface area contributed by atoms with Crippen molar-refractivity contribution in [2.45, 2.75) is 25.3 Å². The van der Waals surface area contributed by atoms with Gasteiger partial charge in [-0.3, -0.25) is 4.79 Å². The molecule has 0 radical (unpaired) electrons. The monoisotopic (exact) mass is 369 g/mol. The summed E-state index contributed by atoms with van der Waals surface area (Å²) in [6, 6.07) is 16.7. The van der Waals surface area contributed by atoms with Gasteiger partial charge in [-0.25, -0.2) is 9.97 Å². The van der Waals surface area contributed by atoms with Crippen LogP contribution in [0.4, 0.5) is 5.69 Å². The van der Waals surface area contributed by atoms with Crippen molar-refractivity contribution in [3.05, 3.63) is 77.1 Å². The van der Waals surface area contributed by atoms with E-state index >= 15 is 0 Å². The molecule has 138 valence electrons. The van der Waals surface area contributed by atoms with Gasteiger partial charge in [0.15, 0.2) is 5.82 Å². The molecule has 0 fully saturated rings. The number of nitrogens with one attached hydrogen (secondary N) is 1. The summed E-state index contributed by atoms with van der Waals surface area (Å²) in [5.41, 5.74) is 10.2. The van der Waals surface area contributed by atoms with Crippen molar-refractivity contribution in [2.75, 3.05) is 5.73 Å². The first-order chi connectivity index (χ1) is 13.7. The van der Waals surface area contributed by atoms with E-state index in [1.165, 1.54) is 17.3 Å². The van der Waals surface area contributed by atoms with Crippen LogP contribution in [0.15, 0.2) is 54.7 Å². The lowest BCUT2D eigenvalue weighted by atomic mass is 9.87. The van der Waals surface area contributed by atoms with E-state index in [1.54, 1.807) is 24.3 Å². The SMILES string of the molecule is N#Cc1ccc(N)c(-c2nccc(C(=O)N[C@H]3CCCc4ccccc43)n2)c1. The molecule has 2 aromatic carbocycles. The first-order valence-corrected chi connectivity index (χ1v) is 9.17. The molecule has 1 atom stereocenters. The molecule has 3 N–H and O–H groups in total. The highest BCUT2D eigenvalue weighted by molar-refractivity contribution is 5.93. The van der Waals surface area contributed by atoms with Crippen LogP contribution in [-0.4, -0.2) is 15.9 Å². The Kier molecular flexibility index (Phi) is 4.73. The Morgan fingerprint density at radius 3 is 2.93 bits per heavy atom. The fourth-order valence-electron chi connectivity index (χ4n) is 3.57. The van der Waals surface area contributed by atoms with Crippen LogP contribution < -0.4 is 11.1 Å². The van der Waals surface area contributed by atoms with Crippen molar-refractivity contribution in [2.24, 2.45) is 0 Å². The highest BCUT2D eigenvalue weighted by Crippen LogP contribution is 2.30. The summed E-state index contributed by atoms with van der Waals surface area (Å²) in [5.74, 6) is 0.0756. The van der Waals surface area contributed by atoms with E-state index in [4.69, 9.17) is 11.0 Å². The molecule has 1 heterocycles. The standard InChI is InChI=1S/C22H19N5O/c23-13-14-8-9-18(24)17(12-14)21-25-11-10-20(26-21)22(28)27-19-7-3-5-15-4-1-2-6-16(15)19/h1-2,4,6,8-12,19H,3,5,7,24H2,(H,27,28)/t19-/m0/s1. The second kappa shape index (κ2) is 7.49. The molecule has 6 nitrogen and oxygen atoms in total. The first-order valence-electron chi connectivity index (χ1n) is 9.17. The maximum Gasteiger partial charge on any atom is 0.270 e. The number of anilines is 1. The predicted octanol–water partition coefficient (Wildman–Crippen LogP) is 3.40. The number of benzene rings is 2. The minimum atomic E-state index is -0.250. The van der Waals surface area contributed by atoms with Crippen LogP contribution in [0.25, 0.3) is 11.4 Å². The molecule has 6 heteroatoms. The van der Waals surface area contributed by atoms with Gasteiger partial charge in [-0.2, -0.15) is 5.26 Å². The zero-order chi connectivity index (χ0) is 19.5. The molecule has 0 unspecified atom stereocenters. The summed E-state index contributed by atoms with van der Waals surface area (Å²) in [5, 5.41) is 12.2. The second-order valence-corrected chi connectivity index (χ2v) is 6.80. The van der Waals surface area contributed by atoms with E-state index in [0.717, 1.165) is 19.3 Å². The third-order valence-corrected chi connectivity index (χ3v) is 4.99. The average Bonchev–Trinajstić information content (AvgIpc) is 2.74. The lowest BCUT2D eigenvalue weighted by Crippen LogP contribution is -2.31. The van der Waals surface area contributed by atoms with Gasteiger partial charge in [0.2, 0.25) is 0 Å². The van der Waals surface area contributed by atoms with Gasteiger partial charge >= 0.3 is 0 Å². The van der Waals surface area contributed by atoms with Gasteiger partial charge in [0.1, 0.15) is 5.69 Å². The minimum absolute atomic E-state index is 0.0251. The highest BCUT2D eigenvalue weighted by atomic mass is 16.1. The Labute approximate surface area is 163 Å². The Balaban J connectivity index is 1.61. The summed E-state index contributed by atoms with van der Waals surface area (Å²) < 4.78 is 0. The fraction of sp³-hybridized carbons (Fsp3) is 0.182. The van der Waals surface area contributed by atoms with E-state index in [-0.39, 0.29) is 17.6 Å². The normalized spacial score (nSPS) is 15.3. The lowest BCUT2D eigenvalue weighted by Gasteiger charge is -2.26. The number of aryl methyl sites for hydroxylation is 1. The van der Waals surface area contributed by atoms with Crippen molar-refractivity contribution >= 4 is 11.6 Å². The third kappa shape index (κ3) is 3.42. The topological polar surface area (TPSA) is 105 Å². The number of nitriles is 1.